The Morgan fingerprint density at radius 3 is 1.33 bits per heavy atom. The van der Waals surface area contributed by atoms with Crippen LogP contribution >= 0.6 is 24.0 Å². The third-order valence-corrected chi connectivity index (χ3v) is 14.8. The number of carboxylic acids is 2. The average molecular weight is 983 g/mol. The number of nitrogens with two attached hydrogens (primary N) is 3. The molecule has 2 aromatic heterocycles. The molecule has 0 bridgehead atoms. The van der Waals surface area contributed by atoms with Crippen LogP contribution in [0.1, 0.15) is 127 Å². The van der Waals surface area contributed by atoms with Crippen molar-refractivity contribution in [3.05, 3.63) is 113 Å². The average Bonchev–Trinajstić information content (AvgIpc) is 3.84. The van der Waals surface area contributed by atoms with Gasteiger partial charge in [0.15, 0.2) is 14.1 Å². The second-order valence-electron chi connectivity index (χ2n) is 19.8. The minimum Gasteiger partial charge on any atom is -0.478 e. The molecule has 0 atom stereocenters. The molecule has 5 aromatic rings. The lowest BCUT2D eigenvalue weighted by Gasteiger charge is -2.36. The number of hydrogen-bond acceptors (Lipinski definition) is 11. The first-order valence-electron chi connectivity index (χ1n) is 21.2. The number of benzene rings is 3. The first-order chi connectivity index (χ1) is 30.3. The predicted octanol–water partition coefficient (Wildman–Crippen LogP) is 11.2. The maximum absolute atomic E-state index is 10.8. The van der Waals surface area contributed by atoms with Gasteiger partial charge in [0.2, 0.25) is 0 Å². The van der Waals surface area contributed by atoms with Gasteiger partial charge in [-0.3, -0.25) is 10.6 Å². The number of halogens is 2. The van der Waals surface area contributed by atoms with Crippen LogP contribution in [-0.2, 0) is 26.7 Å². The Morgan fingerprint density at radius 1 is 0.701 bits per heavy atom. The van der Waals surface area contributed by atoms with Gasteiger partial charge in [-0.1, -0.05) is 95.2 Å². The fraction of sp³-hybridized carbons (Fsp3) is 0.429. The van der Waals surface area contributed by atoms with Gasteiger partial charge in [0.25, 0.3) is 0 Å². The summed E-state index contributed by atoms with van der Waals surface area (Å²) in [6.45, 7) is 30.0. The van der Waals surface area contributed by atoms with Crippen LogP contribution in [-0.4, -0.2) is 62.2 Å². The van der Waals surface area contributed by atoms with Gasteiger partial charge < -0.3 is 31.5 Å². The molecule has 0 fully saturated rings. The van der Waals surface area contributed by atoms with E-state index in [0.717, 1.165) is 22.8 Å². The van der Waals surface area contributed by atoms with E-state index in [1.165, 1.54) is 36.2 Å². The number of aromatic nitrogens is 4. The Hall–Kier alpha value is -5.70. The highest BCUT2D eigenvalue weighted by Crippen LogP contribution is 2.37. The standard InChI is InChI=1S/C20H33N3OSi.C14H17N3O2.C7H8N2O2.C7H11NO.CH3Cl.ClH/c1-19(2,3)17-13-18(21)23(22-17)16-11-9-15(10-12-16)14-24-25(7,8)20(4,5)6;1-14(2,3)11-8-12(15)17(16-11)10-6-4-9(5-7-10)13(18)19;8-9-6-3-1-5(2-4-6)7(10)11;1-7(2,3)6(9)4-5-8;1-2;/h9-13H,14,21H2,1-8H3;4-8H,15H2,1-3H3,(H,18,19);1-4,9H,8H2,(H,10,11);4H2,1-3H3;1H3;1H. The monoisotopic (exact) mass is 981 g/mol. The fourth-order valence-corrected chi connectivity index (χ4v) is 5.90. The van der Waals surface area contributed by atoms with Crippen molar-refractivity contribution in [1.82, 2.24) is 19.6 Å². The van der Waals surface area contributed by atoms with Crippen LogP contribution in [0.2, 0.25) is 18.1 Å². The quantitative estimate of drug-likeness (QED) is 0.0348. The molecule has 0 spiro atoms. The molecule has 0 amide bonds. The minimum absolute atomic E-state index is 0. The number of rotatable bonds is 9. The van der Waals surface area contributed by atoms with Crippen molar-refractivity contribution in [3.63, 3.8) is 0 Å². The first-order valence-corrected chi connectivity index (χ1v) is 24.9. The van der Waals surface area contributed by atoms with Crippen LogP contribution in [0.15, 0.2) is 84.9 Å². The number of nitrogens with one attached hydrogen (secondary N) is 1. The first kappa shape index (κ1) is 61.3. The molecule has 67 heavy (non-hydrogen) atoms. The summed E-state index contributed by atoms with van der Waals surface area (Å²) in [4.78, 5) is 32.0. The van der Waals surface area contributed by atoms with Gasteiger partial charge in [-0.15, -0.1) is 24.0 Å². The highest BCUT2D eigenvalue weighted by atomic mass is 35.5. The molecule has 0 aliphatic heterocycles. The van der Waals surface area contributed by atoms with Crippen molar-refractivity contribution in [2.24, 2.45) is 11.3 Å². The molecule has 0 aliphatic carbocycles. The van der Waals surface area contributed by atoms with Gasteiger partial charge in [-0.25, -0.2) is 19.0 Å². The molecule has 0 saturated heterocycles. The summed E-state index contributed by atoms with van der Waals surface area (Å²) >= 11 is 4.64. The van der Waals surface area contributed by atoms with Gasteiger partial charge >= 0.3 is 11.9 Å². The lowest BCUT2D eigenvalue weighted by molar-refractivity contribution is -0.125. The second kappa shape index (κ2) is 26.0. The molecule has 3 aromatic carbocycles. The molecular formula is C49H73Cl2N9O6Si. The Bertz CT molecular complexity index is 2370. The molecular weight excluding hydrogens is 910 g/mol. The summed E-state index contributed by atoms with van der Waals surface area (Å²) in [6, 6.07) is 26.6. The number of nitriles is 1. The fourth-order valence-electron chi connectivity index (χ4n) is 4.94. The number of aromatic carboxylic acids is 2. The summed E-state index contributed by atoms with van der Waals surface area (Å²) in [5.74, 6) is 4.40. The van der Waals surface area contributed by atoms with Crippen molar-refractivity contribution < 1.29 is 29.0 Å². The number of carbonyl (C=O) groups excluding carboxylic acids is 1. The Morgan fingerprint density at radius 2 is 1.06 bits per heavy atom. The molecule has 0 radical (unpaired) electrons. The van der Waals surface area contributed by atoms with E-state index in [2.05, 4.69) is 127 Å². The van der Waals surface area contributed by atoms with E-state index in [-0.39, 0.29) is 57.0 Å². The third-order valence-electron chi connectivity index (χ3n) is 10.3. The largest absolute Gasteiger partial charge is 0.478 e. The molecule has 0 unspecified atom stereocenters. The number of alkyl halides is 1. The van der Waals surface area contributed by atoms with E-state index >= 15 is 0 Å². The van der Waals surface area contributed by atoms with E-state index in [1.54, 1.807) is 33.6 Å². The summed E-state index contributed by atoms with van der Waals surface area (Å²) < 4.78 is 9.71. The van der Waals surface area contributed by atoms with Crippen LogP contribution < -0.4 is 22.7 Å². The smallest absolute Gasteiger partial charge is 0.335 e. The maximum Gasteiger partial charge on any atom is 0.335 e. The van der Waals surface area contributed by atoms with E-state index < -0.39 is 20.3 Å². The van der Waals surface area contributed by atoms with Crippen molar-refractivity contribution in [2.45, 2.75) is 125 Å². The number of carbonyl (C=O) groups is 3. The zero-order chi connectivity index (χ0) is 51.0. The number of hydrazine groups is 1. The zero-order valence-electron chi connectivity index (χ0n) is 41.8. The molecule has 9 N–H and O–H groups in total. The Labute approximate surface area is 409 Å². The highest BCUT2D eigenvalue weighted by molar-refractivity contribution is 6.74. The molecule has 2 heterocycles. The molecule has 5 rings (SSSR count). The van der Waals surface area contributed by atoms with Crippen LogP contribution in [0.5, 0.6) is 0 Å². The van der Waals surface area contributed by atoms with Crippen LogP contribution in [0.4, 0.5) is 17.3 Å². The van der Waals surface area contributed by atoms with Gasteiger partial charge in [0, 0.05) is 40.4 Å². The van der Waals surface area contributed by atoms with E-state index in [4.69, 9.17) is 37.2 Å². The van der Waals surface area contributed by atoms with E-state index in [0.29, 0.717) is 23.9 Å². The molecule has 18 heteroatoms. The number of anilines is 3. The minimum atomic E-state index is -1.73. The van der Waals surface area contributed by atoms with Gasteiger partial charge in [-0.05, 0) is 84.4 Å². The zero-order valence-corrected chi connectivity index (χ0v) is 44.4. The molecule has 0 saturated carbocycles. The van der Waals surface area contributed by atoms with Crippen LogP contribution in [0, 0.1) is 16.7 Å². The maximum atomic E-state index is 10.8. The van der Waals surface area contributed by atoms with Crippen molar-refractivity contribution in [2.75, 3.05) is 23.3 Å². The lowest BCUT2D eigenvalue weighted by Crippen LogP contribution is -2.40. The number of ketones is 1. The van der Waals surface area contributed by atoms with Gasteiger partial charge in [-0.2, -0.15) is 15.5 Å². The van der Waals surface area contributed by atoms with Crippen molar-refractivity contribution in [3.8, 4) is 17.4 Å². The van der Waals surface area contributed by atoms with Crippen molar-refractivity contribution in [1.29, 1.82) is 5.26 Å². The summed E-state index contributed by atoms with van der Waals surface area (Å²) in [5, 5.41) is 34.8. The Kier molecular flexibility index (Phi) is 23.8. The number of nitrogens with zero attached hydrogens (tertiary/aromatic N) is 5. The highest BCUT2D eigenvalue weighted by Gasteiger charge is 2.37. The normalized spacial score (nSPS) is 11.2. The predicted molar refractivity (Wildman–Crippen MR) is 277 cm³/mol. The number of carboxylic acid groups (broad SMARTS) is 2. The number of hydrogen-bond donors (Lipinski definition) is 6. The second-order valence-corrected chi connectivity index (χ2v) is 24.6. The number of nitrogen functional groups attached to an aromatic ring is 3. The SMILES string of the molecule is CC(C)(C)C(=O)CC#N.CC(C)(C)c1cc(N)n(-c2ccc(C(=O)O)cc2)n1.CC(C)(C)c1cc(N)n(-c2ccc(CO[Si](C)(C)C(C)(C)C)cc2)n1.CCl.Cl.NNc1ccc(C(=O)O)cc1. The lowest BCUT2D eigenvalue weighted by atomic mass is 9.89. The third kappa shape index (κ3) is 19.6. The van der Waals surface area contributed by atoms with E-state index in [1.807, 2.05) is 39.0 Å². The number of Topliss-reactive ketones (excluding diaryl/α,β-unsaturated/α-hetero) is 1. The molecule has 0 aliphatic rings. The van der Waals surface area contributed by atoms with Gasteiger partial charge in [0.05, 0.1) is 53.0 Å². The van der Waals surface area contributed by atoms with Gasteiger partial charge in [0.1, 0.15) is 11.6 Å². The topological polar surface area (TPSA) is 250 Å². The van der Waals surface area contributed by atoms with Crippen molar-refractivity contribution >= 4 is 67.4 Å². The summed E-state index contributed by atoms with van der Waals surface area (Å²) in [7, 11) is -1.73. The van der Waals surface area contributed by atoms with Crippen LogP contribution in [0.3, 0.4) is 0 Å². The van der Waals surface area contributed by atoms with E-state index in [9.17, 15) is 14.4 Å². The molecule has 368 valence electrons. The summed E-state index contributed by atoms with van der Waals surface area (Å²) in [5.41, 5.74) is 20.0. The summed E-state index contributed by atoms with van der Waals surface area (Å²) in [6.07, 6.45) is 1.50. The molecule has 15 nitrogen and oxygen atoms in total. The Balaban J connectivity index is 0.000000914. The van der Waals surface area contributed by atoms with Crippen LogP contribution in [0.25, 0.3) is 11.4 Å².